The van der Waals surface area contributed by atoms with Crippen molar-refractivity contribution in [1.82, 2.24) is 0 Å². The second-order valence-corrected chi connectivity index (χ2v) is 5.44. The van der Waals surface area contributed by atoms with Crippen molar-refractivity contribution in [2.75, 3.05) is 18.5 Å². The molecule has 0 bridgehead atoms. The number of hydrogen-bond donors (Lipinski definition) is 1. The van der Waals surface area contributed by atoms with Crippen LogP contribution in [0.2, 0.25) is 5.02 Å². The molecule has 21 heavy (non-hydrogen) atoms. The molecule has 3 nitrogen and oxygen atoms in total. The molecule has 110 valence electrons. The normalized spacial score (nSPS) is 16.2. The van der Waals surface area contributed by atoms with Crippen LogP contribution in [0.5, 0.6) is 11.5 Å². The van der Waals surface area contributed by atoms with E-state index in [0.717, 1.165) is 35.2 Å². The Bertz CT molecular complexity index is 630. The zero-order chi connectivity index (χ0) is 14.7. The molecule has 0 amide bonds. The summed E-state index contributed by atoms with van der Waals surface area (Å²) in [6, 6.07) is 13.7. The first kappa shape index (κ1) is 14.1. The lowest BCUT2D eigenvalue weighted by atomic mass is 10.1. The minimum Gasteiger partial charge on any atom is -0.492 e. The summed E-state index contributed by atoms with van der Waals surface area (Å²) in [6.45, 7) is 3.37. The number of para-hydroxylation sites is 2. The van der Waals surface area contributed by atoms with Crippen molar-refractivity contribution in [2.45, 2.75) is 19.4 Å². The van der Waals surface area contributed by atoms with Crippen molar-refractivity contribution in [3.8, 4) is 11.5 Å². The van der Waals surface area contributed by atoms with Gasteiger partial charge >= 0.3 is 0 Å². The third kappa shape index (κ3) is 3.24. The maximum atomic E-state index is 6.01. The molecule has 1 aliphatic heterocycles. The van der Waals surface area contributed by atoms with Gasteiger partial charge in [-0.3, -0.25) is 0 Å². The SMILES string of the molecule is CCOc1ccccc1NCC1Cc2cc(Cl)ccc2O1. The molecule has 0 saturated heterocycles. The molecular formula is C17H18ClNO2. The third-order valence-corrected chi connectivity index (χ3v) is 3.71. The fraction of sp³-hybridized carbons (Fsp3) is 0.294. The van der Waals surface area contributed by atoms with Crippen molar-refractivity contribution in [3.63, 3.8) is 0 Å². The predicted octanol–water partition coefficient (Wildman–Crippen LogP) is 4.15. The molecule has 0 spiro atoms. The van der Waals surface area contributed by atoms with Crippen molar-refractivity contribution >= 4 is 17.3 Å². The summed E-state index contributed by atoms with van der Waals surface area (Å²) < 4.78 is 11.5. The lowest BCUT2D eigenvalue weighted by Crippen LogP contribution is -2.24. The van der Waals surface area contributed by atoms with Crippen LogP contribution in [0.4, 0.5) is 5.69 Å². The second kappa shape index (κ2) is 6.27. The molecule has 0 radical (unpaired) electrons. The fourth-order valence-electron chi connectivity index (χ4n) is 2.52. The van der Waals surface area contributed by atoms with Crippen molar-refractivity contribution in [3.05, 3.63) is 53.1 Å². The Morgan fingerprint density at radius 2 is 2.14 bits per heavy atom. The number of hydrogen-bond acceptors (Lipinski definition) is 3. The summed E-state index contributed by atoms with van der Waals surface area (Å²) in [4.78, 5) is 0. The fourth-order valence-corrected chi connectivity index (χ4v) is 2.72. The van der Waals surface area contributed by atoms with Crippen LogP contribution in [0, 0.1) is 0 Å². The lowest BCUT2D eigenvalue weighted by Gasteiger charge is -2.15. The molecule has 0 aromatic heterocycles. The summed E-state index contributed by atoms with van der Waals surface area (Å²) in [7, 11) is 0. The molecule has 4 heteroatoms. The molecular weight excluding hydrogens is 286 g/mol. The van der Waals surface area contributed by atoms with Crippen LogP contribution >= 0.6 is 11.6 Å². The second-order valence-electron chi connectivity index (χ2n) is 5.01. The largest absolute Gasteiger partial charge is 0.492 e. The van der Waals surface area contributed by atoms with Gasteiger partial charge in [0.2, 0.25) is 0 Å². The van der Waals surface area contributed by atoms with Crippen LogP contribution in [-0.4, -0.2) is 19.3 Å². The highest BCUT2D eigenvalue weighted by Crippen LogP contribution is 2.31. The molecule has 1 unspecified atom stereocenters. The lowest BCUT2D eigenvalue weighted by molar-refractivity contribution is 0.246. The average molecular weight is 304 g/mol. The standard InChI is InChI=1S/C17H18ClNO2/c1-2-20-17-6-4-3-5-15(17)19-11-14-10-12-9-13(18)7-8-16(12)21-14/h3-9,14,19H,2,10-11H2,1H3. The maximum Gasteiger partial charge on any atom is 0.142 e. The smallest absolute Gasteiger partial charge is 0.142 e. The van der Waals surface area contributed by atoms with Crippen molar-refractivity contribution in [1.29, 1.82) is 0 Å². The van der Waals surface area contributed by atoms with Gasteiger partial charge in [-0.25, -0.2) is 0 Å². The third-order valence-electron chi connectivity index (χ3n) is 3.47. The molecule has 1 aliphatic rings. The van der Waals surface area contributed by atoms with Gasteiger partial charge in [0.25, 0.3) is 0 Å². The molecule has 3 rings (SSSR count). The van der Waals surface area contributed by atoms with E-state index in [4.69, 9.17) is 21.1 Å². The van der Waals surface area contributed by atoms with Crippen molar-refractivity contribution < 1.29 is 9.47 Å². The van der Waals surface area contributed by atoms with Crippen LogP contribution < -0.4 is 14.8 Å². The number of benzene rings is 2. The zero-order valence-electron chi connectivity index (χ0n) is 11.9. The minimum absolute atomic E-state index is 0.119. The van der Waals surface area contributed by atoms with Gasteiger partial charge in [0.05, 0.1) is 18.8 Å². The Morgan fingerprint density at radius 3 is 3.00 bits per heavy atom. The Morgan fingerprint density at radius 1 is 1.29 bits per heavy atom. The number of anilines is 1. The highest BCUT2D eigenvalue weighted by molar-refractivity contribution is 6.30. The van der Waals surface area contributed by atoms with Crippen LogP contribution in [0.15, 0.2) is 42.5 Å². The number of rotatable bonds is 5. The van der Waals surface area contributed by atoms with Gasteiger partial charge in [0.15, 0.2) is 0 Å². The van der Waals surface area contributed by atoms with Gasteiger partial charge in [-0.15, -0.1) is 0 Å². The average Bonchev–Trinajstić information content (AvgIpc) is 2.88. The van der Waals surface area contributed by atoms with Crippen LogP contribution in [0.1, 0.15) is 12.5 Å². The van der Waals surface area contributed by atoms with E-state index in [-0.39, 0.29) is 6.10 Å². The minimum atomic E-state index is 0.119. The van der Waals surface area contributed by atoms with Gasteiger partial charge in [-0.1, -0.05) is 23.7 Å². The maximum absolute atomic E-state index is 6.01. The Kier molecular flexibility index (Phi) is 4.20. The van der Waals surface area contributed by atoms with E-state index >= 15 is 0 Å². The van der Waals surface area contributed by atoms with Crippen LogP contribution in [0.25, 0.3) is 0 Å². The first-order chi connectivity index (χ1) is 10.3. The molecule has 1 N–H and O–H groups in total. The van der Waals surface area contributed by atoms with E-state index in [0.29, 0.717) is 6.61 Å². The molecule has 2 aromatic rings. The van der Waals surface area contributed by atoms with Crippen molar-refractivity contribution in [2.24, 2.45) is 0 Å². The van der Waals surface area contributed by atoms with E-state index in [1.807, 2.05) is 49.4 Å². The molecule has 0 fully saturated rings. The zero-order valence-corrected chi connectivity index (χ0v) is 12.7. The highest BCUT2D eigenvalue weighted by atomic mass is 35.5. The first-order valence-electron chi connectivity index (χ1n) is 7.17. The van der Waals surface area contributed by atoms with E-state index < -0.39 is 0 Å². The summed E-state index contributed by atoms with van der Waals surface area (Å²) >= 11 is 6.01. The van der Waals surface area contributed by atoms with Gasteiger partial charge in [0.1, 0.15) is 17.6 Å². The van der Waals surface area contributed by atoms with E-state index in [1.54, 1.807) is 0 Å². The Labute approximate surface area is 129 Å². The summed E-state index contributed by atoms with van der Waals surface area (Å²) in [5.41, 5.74) is 2.17. The van der Waals surface area contributed by atoms with Gasteiger partial charge in [-0.2, -0.15) is 0 Å². The van der Waals surface area contributed by atoms with Gasteiger partial charge in [0, 0.05) is 11.4 Å². The monoisotopic (exact) mass is 303 g/mol. The number of fused-ring (bicyclic) bond motifs is 1. The molecule has 0 saturated carbocycles. The molecule has 1 heterocycles. The van der Waals surface area contributed by atoms with Crippen LogP contribution in [0.3, 0.4) is 0 Å². The van der Waals surface area contributed by atoms with Gasteiger partial charge < -0.3 is 14.8 Å². The topological polar surface area (TPSA) is 30.5 Å². The van der Waals surface area contributed by atoms with Crippen LogP contribution in [-0.2, 0) is 6.42 Å². The van der Waals surface area contributed by atoms with E-state index in [2.05, 4.69) is 5.32 Å². The number of halogens is 1. The Balaban J connectivity index is 1.62. The summed E-state index contributed by atoms with van der Waals surface area (Å²) in [6.07, 6.45) is 0.993. The number of nitrogens with one attached hydrogen (secondary N) is 1. The van der Waals surface area contributed by atoms with Gasteiger partial charge in [-0.05, 0) is 42.8 Å². The van der Waals surface area contributed by atoms with E-state index in [9.17, 15) is 0 Å². The number of ether oxygens (including phenoxy) is 2. The summed E-state index contributed by atoms with van der Waals surface area (Å²) in [5.74, 6) is 1.81. The quantitative estimate of drug-likeness (QED) is 0.900. The van der Waals surface area contributed by atoms with E-state index in [1.165, 1.54) is 5.56 Å². The highest BCUT2D eigenvalue weighted by Gasteiger charge is 2.23. The predicted molar refractivity (Wildman–Crippen MR) is 85.7 cm³/mol. The molecule has 1 atom stereocenters. The molecule has 2 aromatic carbocycles. The summed E-state index contributed by atoms with van der Waals surface area (Å²) in [5, 5.41) is 4.16. The first-order valence-corrected chi connectivity index (χ1v) is 7.55. The Hall–Kier alpha value is -1.87. The molecule has 0 aliphatic carbocycles.